The van der Waals surface area contributed by atoms with E-state index in [0.29, 0.717) is 12.6 Å². The van der Waals surface area contributed by atoms with Crippen LogP contribution in [0.4, 0.5) is 0 Å². The van der Waals surface area contributed by atoms with E-state index in [2.05, 4.69) is 22.0 Å². The SMILES string of the molecule is COCC1CCCCN1Cc1cc2ccc(C)cc2[nH]c1=O. The van der Waals surface area contributed by atoms with Gasteiger partial charge in [0.1, 0.15) is 0 Å². The van der Waals surface area contributed by atoms with Gasteiger partial charge in [-0.2, -0.15) is 0 Å². The maximum absolute atomic E-state index is 12.4. The highest BCUT2D eigenvalue weighted by Crippen LogP contribution is 2.20. The second-order valence-corrected chi connectivity index (χ2v) is 6.29. The lowest BCUT2D eigenvalue weighted by atomic mass is 10.0. The van der Waals surface area contributed by atoms with Crippen LogP contribution in [0.1, 0.15) is 30.4 Å². The number of piperidine rings is 1. The van der Waals surface area contributed by atoms with Crippen molar-refractivity contribution in [3.8, 4) is 0 Å². The summed E-state index contributed by atoms with van der Waals surface area (Å²) >= 11 is 0. The predicted molar refractivity (Wildman–Crippen MR) is 89.2 cm³/mol. The van der Waals surface area contributed by atoms with Crippen molar-refractivity contribution in [2.45, 2.75) is 38.8 Å². The molecule has 0 spiro atoms. The first-order chi connectivity index (χ1) is 10.7. The normalized spacial score (nSPS) is 19.6. The van der Waals surface area contributed by atoms with Crippen LogP contribution in [-0.2, 0) is 11.3 Å². The molecule has 1 aliphatic heterocycles. The molecular formula is C18H24N2O2. The summed E-state index contributed by atoms with van der Waals surface area (Å²) < 4.78 is 5.34. The Morgan fingerprint density at radius 1 is 1.32 bits per heavy atom. The van der Waals surface area contributed by atoms with E-state index in [-0.39, 0.29) is 5.56 Å². The third-order valence-corrected chi connectivity index (χ3v) is 4.56. The van der Waals surface area contributed by atoms with Crippen molar-refractivity contribution >= 4 is 10.9 Å². The summed E-state index contributed by atoms with van der Waals surface area (Å²) in [6, 6.07) is 8.64. The molecule has 1 aliphatic rings. The van der Waals surface area contributed by atoms with Gasteiger partial charge < -0.3 is 9.72 Å². The quantitative estimate of drug-likeness (QED) is 0.944. The minimum atomic E-state index is 0.0276. The average Bonchev–Trinajstić information content (AvgIpc) is 2.50. The number of methoxy groups -OCH3 is 1. The van der Waals surface area contributed by atoms with Gasteiger partial charge in [0.05, 0.1) is 6.61 Å². The molecule has 1 aromatic carbocycles. The molecule has 4 nitrogen and oxygen atoms in total. The lowest BCUT2D eigenvalue weighted by Gasteiger charge is -2.35. The van der Waals surface area contributed by atoms with E-state index in [1.807, 2.05) is 19.1 Å². The monoisotopic (exact) mass is 300 g/mol. The molecule has 2 heterocycles. The molecule has 0 aliphatic carbocycles. The Morgan fingerprint density at radius 3 is 3.00 bits per heavy atom. The van der Waals surface area contributed by atoms with Gasteiger partial charge in [-0.1, -0.05) is 18.6 Å². The molecule has 1 aromatic heterocycles. The Balaban J connectivity index is 1.87. The maximum Gasteiger partial charge on any atom is 0.252 e. The summed E-state index contributed by atoms with van der Waals surface area (Å²) in [5.74, 6) is 0. The van der Waals surface area contributed by atoms with E-state index in [1.165, 1.54) is 12.8 Å². The second-order valence-electron chi connectivity index (χ2n) is 6.29. The average molecular weight is 300 g/mol. The highest BCUT2D eigenvalue weighted by atomic mass is 16.5. The molecule has 1 saturated heterocycles. The summed E-state index contributed by atoms with van der Waals surface area (Å²) in [7, 11) is 1.75. The van der Waals surface area contributed by atoms with Crippen molar-refractivity contribution in [2.75, 3.05) is 20.3 Å². The number of aryl methyl sites for hydroxylation is 1. The molecule has 3 rings (SSSR count). The number of fused-ring (bicyclic) bond motifs is 1. The molecule has 1 atom stereocenters. The molecule has 1 unspecified atom stereocenters. The maximum atomic E-state index is 12.4. The summed E-state index contributed by atoms with van der Waals surface area (Å²) in [5.41, 5.74) is 2.95. The van der Waals surface area contributed by atoms with Crippen LogP contribution in [0, 0.1) is 6.92 Å². The molecule has 22 heavy (non-hydrogen) atoms. The van der Waals surface area contributed by atoms with Crippen molar-refractivity contribution in [3.05, 3.63) is 45.7 Å². The Hall–Kier alpha value is -1.65. The minimum Gasteiger partial charge on any atom is -0.383 e. The van der Waals surface area contributed by atoms with Gasteiger partial charge in [0, 0.05) is 30.8 Å². The van der Waals surface area contributed by atoms with Crippen LogP contribution in [0.2, 0.25) is 0 Å². The first-order valence-electron chi connectivity index (χ1n) is 8.03. The first-order valence-corrected chi connectivity index (χ1v) is 8.03. The third-order valence-electron chi connectivity index (χ3n) is 4.56. The Morgan fingerprint density at radius 2 is 2.18 bits per heavy atom. The molecule has 4 heteroatoms. The summed E-state index contributed by atoms with van der Waals surface area (Å²) in [4.78, 5) is 17.8. The van der Waals surface area contributed by atoms with Crippen LogP contribution in [0.25, 0.3) is 10.9 Å². The van der Waals surface area contributed by atoms with E-state index >= 15 is 0 Å². The largest absolute Gasteiger partial charge is 0.383 e. The second kappa shape index (κ2) is 6.63. The number of H-pyrrole nitrogens is 1. The van der Waals surface area contributed by atoms with Crippen LogP contribution >= 0.6 is 0 Å². The minimum absolute atomic E-state index is 0.0276. The number of nitrogens with one attached hydrogen (secondary N) is 1. The summed E-state index contributed by atoms with van der Waals surface area (Å²) in [6.07, 6.45) is 3.60. The Labute approximate surface area is 131 Å². The Kier molecular flexibility index (Phi) is 4.60. The number of nitrogens with zero attached hydrogens (tertiary/aromatic N) is 1. The highest BCUT2D eigenvalue weighted by molar-refractivity contribution is 5.79. The topological polar surface area (TPSA) is 45.3 Å². The summed E-state index contributed by atoms with van der Waals surface area (Å²) in [6.45, 7) is 4.52. The van der Waals surface area contributed by atoms with Crippen molar-refractivity contribution < 1.29 is 4.74 Å². The zero-order valence-corrected chi connectivity index (χ0v) is 13.4. The van der Waals surface area contributed by atoms with Gasteiger partial charge in [0.15, 0.2) is 0 Å². The number of pyridine rings is 1. The number of rotatable bonds is 4. The Bertz CT molecular complexity index is 706. The lowest BCUT2D eigenvalue weighted by molar-refractivity contribution is 0.0598. The predicted octanol–water partition coefficient (Wildman–Crippen LogP) is 2.84. The molecule has 0 amide bonds. The van der Waals surface area contributed by atoms with Crippen molar-refractivity contribution in [2.24, 2.45) is 0 Å². The van der Waals surface area contributed by atoms with Crippen molar-refractivity contribution in [3.63, 3.8) is 0 Å². The number of hydrogen-bond donors (Lipinski definition) is 1. The van der Waals surface area contributed by atoms with Gasteiger partial charge in [-0.15, -0.1) is 0 Å². The zero-order chi connectivity index (χ0) is 15.5. The standard InChI is InChI=1S/C18H24N2O2/c1-13-6-7-14-10-15(18(21)19-17(14)9-13)11-20-8-4-3-5-16(20)12-22-2/h6-7,9-10,16H,3-5,8,11-12H2,1-2H3,(H,19,21). The van der Waals surface area contributed by atoms with Crippen LogP contribution in [0.5, 0.6) is 0 Å². The molecule has 2 aromatic rings. The van der Waals surface area contributed by atoms with Gasteiger partial charge in [-0.25, -0.2) is 0 Å². The molecule has 0 bridgehead atoms. The molecule has 0 radical (unpaired) electrons. The third kappa shape index (κ3) is 3.23. The fourth-order valence-electron chi connectivity index (χ4n) is 3.35. The van der Waals surface area contributed by atoms with Gasteiger partial charge in [0.2, 0.25) is 0 Å². The number of ether oxygens (including phenoxy) is 1. The fraction of sp³-hybridized carbons (Fsp3) is 0.500. The fourth-order valence-corrected chi connectivity index (χ4v) is 3.35. The first kappa shape index (κ1) is 15.3. The van der Waals surface area contributed by atoms with Crippen LogP contribution < -0.4 is 5.56 Å². The molecule has 0 saturated carbocycles. The highest BCUT2D eigenvalue weighted by Gasteiger charge is 2.23. The van der Waals surface area contributed by atoms with Gasteiger partial charge in [-0.05, 0) is 49.4 Å². The zero-order valence-electron chi connectivity index (χ0n) is 13.4. The smallest absolute Gasteiger partial charge is 0.252 e. The molecule has 1 fully saturated rings. The van der Waals surface area contributed by atoms with Crippen molar-refractivity contribution in [1.82, 2.24) is 9.88 Å². The molecule has 118 valence electrons. The molecule has 1 N–H and O–H groups in total. The van der Waals surface area contributed by atoms with Crippen LogP contribution in [-0.4, -0.2) is 36.2 Å². The van der Waals surface area contributed by atoms with Gasteiger partial charge in [-0.3, -0.25) is 9.69 Å². The number of aromatic amines is 1. The summed E-state index contributed by atoms with van der Waals surface area (Å²) in [5, 5.41) is 1.10. The molecular weight excluding hydrogens is 276 g/mol. The van der Waals surface area contributed by atoms with Gasteiger partial charge in [0.25, 0.3) is 5.56 Å². The van der Waals surface area contributed by atoms with Crippen LogP contribution in [0.3, 0.4) is 0 Å². The van der Waals surface area contributed by atoms with E-state index in [0.717, 1.165) is 41.6 Å². The number of likely N-dealkylation sites (tertiary alicyclic amines) is 1. The van der Waals surface area contributed by atoms with Gasteiger partial charge >= 0.3 is 0 Å². The number of benzene rings is 1. The van der Waals surface area contributed by atoms with E-state index in [1.54, 1.807) is 7.11 Å². The van der Waals surface area contributed by atoms with Crippen LogP contribution in [0.15, 0.2) is 29.1 Å². The lowest BCUT2D eigenvalue weighted by Crippen LogP contribution is -2.42. The van der Waals surface area contributed by atoms with Crippen molar-refractivity contribution in [1.29, 1.82) is 0 Å². The number of aromatic nitrogens is 1. The van der Waals surface area contributed by atoms with E-state index in [4.69, 9.17) is 4.74 Å². The van der Waals surface area contributed by atoms with E-state index in [9.17, 15) is 4.79 Å². The number of hydrogen-bond acceptors (Lipinski definition) is 3. The van der Waals surface area contributed by atoms with E-state index < -0.39 is 0 Å².